The molecule has 0 amide bonds. The van der Waals surface area contributed by atoms with Crippen LogP contribution in [0.5, 0.6) is 0 Å². The molecule has 2 atom stereocenters. The van der Waals surface area contributed by atoms with Crippen molar-refractivity contribution in [2.45, 2.75) is 53.1 Å². The smallest absolute Gasteiger partial charge is 0.191 e. The molecular weight excluding hydrogens is 260 g/mol. The summed E-state index contributed by atoms with van der Waals surface area (Å²) in [6.45, 7) is 8.99. The number of hydrogen-bond acceptors (Lipinski definition) is 2. The molecule has 1 aromatic rings. The first-order valence-corrected chi connectivity index (χ1v) is 7.85. The normalized spacial score (nSPS) is 13.5. The maximum Gasteiger partial charge on any atom is 0.191 e. The molecule has 21 heavy (non-hydrogen) atoms. The first kappa shape index (κ1) is 17.6. The lowest BCUT2D eigenvalue weighted by molar-refractivity contribution is 0.0435. The van der Waals surface area contributed by atoms with Crippen molar-refractivity contribution >= 4 is 5.78 Å². The number of benzene rings is 1. The Balaban J connectivity index is 2.25. The molecule has 0 heterocycles. The lowest BCUT2D eigenvalue weighted by Crippen LogP contribution is -2.22. The molecule has 0 aromatic heterocycles. The summed E-state index contributed by atoms with van der Waals surface area (Å²) in [5, 5.41) is 0. The van der Waals surface area contributed by atoms with Gasteiger partial charge in [0.2, 0.25) is 0 Å². The van der Waals surface area contributed by atoms with Gasteiger partial charge in [0, 0.05) is 12.2 Å². The van der Waals surface area contributed by atoms with Crippen LogP contribution in [-0.2, 0) is 4.74 Å². The van der Waals surface area contributed by atoms with Gasteiger partial charge in [-0.15, -0.1) is 0 Å². The van der Waals surface area contributed by atoms with E-state index in [1.807, 2.05) is 37.3 Å². The van der Waals surface area contributed by atoms with Gasteiger partial charge >= 0.3 is 0 Å². The van der Waals surface area contributed by atoms with Crippen molar-refractivity contribution in [1.29, 1.82) is 0 Å². The van der Waals surface area contributed by atoms with Crippen molar-refractivity contribution in [1.82, 2.24) is 0 Å². The summed E-state index contributed by atoms with van der Waals surface area (Å²) in [6, 6.07) is 9.35. The largest absolute Gasteiger partial charge is 0.370 e. The van der Waals surface area contributed by atoms with Crippen molar-refractivity contribution in [3.05, 3.63) is 47.5 Å². The molecule has 2 heteroatoms. The third kappa shape index (κ3) is 7.24. The van der Waals surface area contributed by atoms with Crippen LogP contribution >= 0.6 is 0 Å². The molecule has 0 aliphatic carbocycles. The Kier molecular flexibility index (Phi) is 7.99. The summed E-state index contributed by atoms with van der Waals surface area (Å²) in [5.74, 6) is 0.687. The Bertz CT molecular complexity index is 444. The molecule has 0 spiro atoms. The van der Waals surface area contributed by atoms with Crippen molar-refractivity contribution in [2.24, 2.45) is 5.92 Å². The predicted molar refractivity (Wildman–Crippen MR) is 88.6 cm³/mol. The molecule has 1 rings (SSSR count). The van der Waals surface area contributed by atoms with Crippen LogP contribution in [0.2, 0.25) is 0 Å². The second-order valence-corrected chi connectivity index (χ2v) is 6.00. The highest BCUT2D eigenvalue weighted by molar-refractivity contribution is 5.99. The van der Waals surface area contributed by atoms with Crippen molar-refractivity contribution < 1.29 is 9.53 Å². The molecule has 0 saturated heterocycles. The average molecular weight is 288 g/mol. The van der Waals surface area contributed by atoms with Gasteiger partial charge < -0.3 is 4.74 Å². The number of carbonyl (C=O) groups is 1. The van der Waals surface area contributed by atoms with Gasteiger partial charge in [0.25, 0.3) is 0 Å². The third-order valence-electron chi connectivity index (χ3n) is 3.62. The van der Waals surface area contributed by atoms with E-state index in [-0.39, 0.29) is 11.9 Å². The first-order chi connectivity index (χ1) is 10.0. The van der Waals surface area contributed by atoms with Gasteiger partial charge in [0.1, 0.15) is 6.10 Å². The number of hydrogen-bond donors (Lipinski definition) is 0. The fourth-order valence-corrected chi connectivity index (χ4v) is 2.16. The predicted octanol–water partition coefficient (Wildman–Crippen LogP) is 5.05. The maximum atomic E-state index is 12.1. The molecule has 1 unspecified atom stereocenters. The van der Waals surface area contributed by atoms with Gasteiger partial charge in [-0.2, -0.15) is 0 Å². The third-order valence-corrected chi connectivity index (χ3v) is 3.62. The van der Waals surface area contributed by atoms with Crippen LogP contribution in [-0.4, -0.2) is 18.5 Å². The second kappa shape index (κ2) is 9.51. The Morgan fingerprint density at radius 2 is 1.81 bits per heavy atom. The van der Waals surface area contributed by atoms with Crippen molar-refractivity contribution in [3.8, 4) is 0 Å². The Morgan fingerprint density at radius 3 is 2.43 bits per heavy atom. The van der Waals surface area contributed by atoms with E-state index in [2.05, 4.69) is 26.8 Å². The number of Topliss-reactive ketones (excluding diaryl/α,β-unsaturated/α-hetero) is 1. The van der Waals surface area contributed by atoms with E-state index in [0.29, 0.717) is 12.5 Å². The molecule has 0 fully saturated rings. The van der Waals surface area contributed by atoms with Crippen LogP contribution in [0.15, 0.2) is 42.0 Å². The van der Waals surface area contributed by atoms with Gasteiger partial charge in [-0.25, -0.2) is 0 Å². The van der Waals surface area contributed by atoms with Crippen LogP contribution in [0.4, 0.5) is 0 Å². The minimum absolute atomic E-state index is 0.0628. The van der Waals surface area contributed by atoms with Gasteiger partial charge in [0.15, 0.2) is 5.78 Å². The fraction of sp³-hybridized carbons (Fsp3) is 0.526. The summed E-state index contributed by atoms with van der Waals surface area (Å²) in [5.41, 5.74) is 2.10. The molecular formula is C19H28O2. The molecule has 0 bridgehead atoms. The highest BCUT2D eigenvalue weighted by atomic mass is 16.5. The zero-order valence-electron chi connectivity index (χ0n) is 13.8. The van der Waals surface area contributed by atoms with Crippen LogP contribution in [0, 0.1) is 5.92 Å². The van der Waals surface area contributed by atoms with Gasteiger partial charge in [-0.3, -0.25) is 4.79 Å². The van der Waals surface area contributed by atoms with Gasteiger partial charge in [-0.1, -0.05) is 48.9 Å². The summed E-state index contributed by atoms with van der Waals surface area (Å²) < 4.78 is 5.69. The van der Waals surface area contributed by atoms with Crippen LogP contribution < -0.4 is 0 Å². The van der Waals surface area contributed by atoms with E-state index in [1.165, 1.54) is 12.0 Å². The minimum Gasteiger partial charge on any atom is -0.370 e. The first-order valence-electron chi connectivity index (χ1n) is 7.85. The van der Waals surface area contributed by atoms with Gasteiger partial charge in [0.05, 0.1) is 0 Å². The number of rotatable bonds is 9. The lowest BCUT2D eigenvalue weighted by Gasteiger charge is -2.15. The second-order valence-electron chi connectivity index (χ2n) is 6.00. The highest BCUT2D eigenvalue weighted by Crippen LogP contribution is 2.13. The van der Waals surface area contributed by atoms with E-state index < -0.39 is 0 Å². The van der Waals surface area contributed by atoms with E-state index >= 15 is 0 Å². The van der Waals surface area contributed by atoms with Gasteiger partial charge in [-0.05, 0) is 46.0 Å². The Hall–Kier alpha value is -1.41. The Morgan fingerprint density at radius 1 is 1.14 bits per heavy atom. The zero-order chi connectivity index (χ0) is 15.7. The highest BCUT2D eigenvalue weighted by Gasteiger charge is 2.15. The molecule has 0 saturated carbocycles. The average Bonchev–Trinajstić information content (AvgIpc) is 2.46. The lowest BCUT2D eigenvalue weighted by atomic mass is 10.0. The molecule has 1 aromatic carbocycles. The standard InChI is InChI=1S/C19H28O2/c1-15(2)9-8-10-16(3)13-14-21-17(4)19(20)18-11-6-5-7-12-18/h5-7,9,11-12,16-17H,8,10,13-14H2,1-4H3/t16-,17?/m1/s1. The van der Waals surface area contributed by atoms with E-state index in [9.17, 15) is 4.79 Å². The quantitative estimate of drug-likeness (QED) is 0.469. The van der Waals surface area contributed by atoms with Crippen LogP contribution in [0.3, 0.4) is 0 Å². The number of carbonyl (C=O) groups excluding carboxylic acids is 1. The van der Waals surface area contributed by atoms with E-state index in [0.717, 1.165) is 18.4 Å². The topological polar surface area (TPSA) is 26.3 Å². The maximum absolute atomic E-state index is 12.1. The Labute approximate surface area is 129 Å². The van der Waals surface area contributed by atoms with Crippen LogP contribution in [0.1, 0.15) is 57.3 Å². The van der Waals surface area contributed by atoms with Crippen molar-refractivity contribution in [2.75, 3.05) is 6.61 Å². The molecule has 0 aliphatic rings. The number of ether oxygens (including phenoxy) is 1. The van der Waals surface area contributed by atoms with Crippen LogP contribution in [0.25, 0.3) is 0 Å². The summed E-state index contributed by atoms with van der Waals surface area (Å²) in [4.78, 5) is 12.1. The summed E-state index contributed by atoms with van der Waals surface area (Å²) in [7, 11) is 0. The minimum atomic E-state index is -0.364. The number of allylic oxidation sites excluding steroid dienone is 2. The van der Waals surface area contributed by atoms with Crippen molar-refractivity contribution in [3.63, 3.8) is 0 Å². The van der Waals surface area contributed by atoms with E-state index in [4.69, 9.17) is 4.74 Å². The summed E-state index contributed by atoms with van der Waals surface area (Å²) >= 11 is 0. The monoisotopic (exact) mass is 288 g/mol. The van der Waals surface area contributed by atoms with E-state index in [1.54, 1.807) is 0 Å². The molecule has 0 aliphatic heterocycles. The fourth-order valence-electron chi connectivity index (χ4n) is 2.16. The molecule has 116 valence electrons. The SMILES string of the molecule is CC(C)=CCC[C@@H](C)CCOC(C)C(=O)c1ccccc1. The zero-order valence-corrected chi connectivity index (χ0v) is 13.8. The number of ketones is 1. The molecule has 2 nitrogen and oxygen atoms in total. The summed E-state index contributed by atoms with van der Waals surface area (Å²) in [6.07, 6.45) is 5.22. The molecule has 0 N–H and O–H groups in total. The molecule has 0 radical (unpaired) electrons.